The normalized spacial score (nSPS) is 16.7. The van der Waals surface area contributed by atoms with Gasteiger partial charge in [0.25, 0.3) is 5.91 Å². The Balaban J connectivity index is 1.28. The maximum atomic E-state index is 14.0. The molecule has 3 aromatic rings. The van der Waals surface area contributed by atoms with Gasteiger partial charge in [-0.1, -0.05) is 24.3 Å². The highest BCUT2D eigenvalue weighted by atomic mass is 19.1. The van der Waals surface area contributed by atoms with Crippen LogP contribution in [0.2, 0.25) is 0 Å². The molecule has 2 saturated heterocycles. The average Bonchev–Trinajstić information content (AvgIpc) is 2.84. The molecule has 5 rings (SSSR count). The molecule has 7 nitrogen and oxygen atoms in total. The largest absolute Gasteiger partial charge is 0.339 e. The number of nitrogens with zero attached hydrogens (tertiary/aromatic N) is 4. The van der Waals surface area contributed by atoms with E-state index in [4.69, 9.17) is 0 Å². The van der Waals surface area contributed by atoms with Crippen LogP contribution in [0, 0.1) is 11.7 Å². The summed E-state index contributed by atoms with van der Waals surface area (Å²) in [5, 5.41) is 11.2. The van der Waals surface area contributed by atoms with Gasteiger partial charge in [0, 0.05) is 32.4 Å². The first kappa shape index (κ1) is 22.2. The summed E-state index contributed by atoms with van der Waals surface area (Å²) in [5.74, 6) is 0.00732. The fraction of sp³-hybridized carbons (Fsp3) is 0.308. The van der Waals surface area contributed by atoms with Crippen LogP contribution in [-0.4, -0.2) is 53.1 Å². The molecular weight excluding hydrogens is 433 g/mol. The molecule has 0 spiro atoms. The monoisotopic (exact) mass is 459 g/mol. The van der Waals surface area contributed by atoms with Crippen LogP contribution in [0.15, 0.2) is 66.9 Å². The highest BCUT2D eigenvalue weighted by molar-refractivity contribution is 6.01. The molecular formula is C26H26FN5O2. The topological polar surface area (TPSA) is 78.4 Å². The Labute approximate surface area is 197 Å². The smallest absolute Gasteiger partial charge is 0.256 e. The molecule has 1 aromatic heterocycles. The zero-order valence-electron chi connectivity index (χ0n) is 18.7. The van der Waals surface area contributed by atoms with Gasteiger partial charge in [0.1, 0.15) is 5.82 Å². The van der Waals surface area contributed by atoms with E-state index in [1.54, 1.807) is 40.3 Å². The number of amides is 2. The highest BCUT2D eigenvalue weighted by Gasteiger charge is 2.32. The van der Waals surface area contributed by atoms with Crippen LogP contribution in [0.4, 0.5) is 15.9 Å². The zero-order valence-corrected chi connectivity index (χ0v) is 18.7. The van der Waals surface area contributed by atoms with Crippen molar-refractivity contribution in [3.05, 3.63) is 83.8 Å². The number of piperidine rings is 1. The van der Waals surface area contributed by atoms with Gasteiger partial charge in [-0.3, -0.25) is 14.5 Å². The number of benzene rings is 2. The minimum atomic E-state index is -0.481. The second kappa shape index (κ2) is 9.69. The maximum absolute atomic E-state index is 14.0. The summed E-state index contributed by atoms with van der Waals surface area (Å²) < 4.78 is 14.0. The van der Waals surface area contributed by atoms with Crippen LogP contribution >= 0.6 is 0 Å². The lowest BCUT2D eigenvalue weighted by atomic mass is 9.89. The second-order valence-corrected chi connectivity index (χ2v) is 8.75. The Bertz CT molecular complexity index is 1160. The molecule has 0 atom stereocenters. The van der Waals surface area contributed by atoms with Gasteiger partial charge in [0.15, 0.2) is 5.82 Å². The standard InChI is InChI=1S/C26H26FN5O2/c27-23-5-2-1-4-22(23)26(34)31-14-11-19(12-15-31)18-7-9-21(10-8-18)32(24-6-3-13-29-30-24)25(33)20-16-28-17-20/h1-10,13,19-20,28H,11-12,14-17H2. The number of likely N-dealkylation sites (tertiary alicyclic amines) is 1. The van der Waals surface area contributed by atoms with Crippen molar-refractivity contribution < 1.29 is 14.0 Å². The molecule has 0 radical (unpaired) electrons. The molecule has 2 aliphatic rings. The first-order valence-corrected chi connectivity index (χ1v) is 11.6. The number of hydrogen-bond acceptors (Lipinski definition) is 5. The van der Waals surface area contributed by atoms with Gasteiger partial charge in [-0.05, 0) is 60.7 Å². The van der Waals surface area contributed by atoms with Crippen molar-refractivity contribution in [1.82, 2.24) is 20.4 Å². The van der Waals surface area contributed by atoms with Crippen LogP contribution in [0.3, 0.4) is 0 Å². The third-order valence-corrected chi connectivity index (χ3v) is 6.65. The van der Waals surface area contributed by atoms with Crippen LogP contribution in [0.1, 0.15) is 34.7 Å². The molecule has 3 heterocycles. The summed E-state index contributed by atoms with van der Waals surface area (Å²) in [6.45, 7) is 2.49. The fourth-order valence-electron chi connectivity index (χ4n) is 4.55. The van der Waals surface area contributed by atoms with E-state index in [1.807, 2.05) is 24.3 Å². The SMILES string of the molecule is O=C(c1ccccc1F)N1CCC(c2ccc(N(C(=O)C3CNC3)c3cccnn3)cc2)CC1. The number of nitrogens with one attached hydrogen (secondary N) is 1. The molecule has 34 heavy (non-hydrogen) atoms. The number of carbonyl (C=O) groups is 2. The van der Waals surface area contributed by atoms with Crippen molar-refractivity contribution in [2.24, 2.45) is 5.92 Å². The minimum Gasteiger partial charge on any atom is -0.339 e. The molecule has 0 bridgehead atoms. The first-order chi connectivity index (χ1) is 16.6. The summed E-state index contributed by atoms with van der Waals surface area (Å²) >= 11 is 0. The predicted octanol–water partition coefficient (Wildman–Crippen LogP) is 3.52. The van der Waals surface area contributed by atoms with E-state index in [0.29, 0.717) is 37.9 Å². The van der Waals surface area contributed by atoms with Crippen molar-refractivity contribution in [3.8, 4) is 0 Å². The molecule has 0 unspecified atom stereocenters. The van der Waals surface area contributed by atoms with E-state index in [-0.39, 0.29) is 23.3 Å². The van der Waals surface area contributed by atoms with Crippen LogP contribution in [-0.2, 0) is 4.79 Å². The van der Waals surface area contributed by atoms with E-state index < -0.39 is 5.82 Å². The van der Waals surface area contributed by atoms with Crippen molar-refractivity contribution in [3.63, 3.8) is 0 Å². The molecule has 0 saturated carbocycles. The maximum Gasteiger partial charge on any atom is 0.256 e. The van der Waals surface area contributed by atoms with Crippen LogP contribution in [0.5, 0.6) is 0 Å². The Morgan fingerprint density at radius 3 is 2.32 bits per heavy atom. The number of anilines is 2. The second-order valence-electron chi connectivity index (χ2n) is 8.75. The highest BCUT2D eigenvalue weighted by Crippen LogP contribution is 2.32. The van der Waals surface area contributed by atoms with Gasteiger partial charge >= 0.3 is 0 Å². The van der Waals surface area contributed by atoms with Crippen molar-refractivity contribution in [1.29, 1.82) is 0 Å². The van der Waals surface area contributed by atoms with Gasteiger partial charge in [0.2, 0.25) is 5.91 Å². The Kier molecular flexibility index (Phi) is 6.31. The van der Waals surface area contributed by atoms with E-state index >= 15 is 0 Å². The van der Waals surface area contributed by atoms with Crippen molar-refractivity contribution in [2.45, 2.75) is 18.8 Å². The molecule has 2 amide bonds. The summed E-state index contributed by atoms with van der Waals surface area (Å²) in [7, 11) is 0. The Morgan fingerprint density at radius 1 is 0.971 bits per heavy atom. The summed E-state index contributed by atoms with van der Waals surface area (Å²) in [6.07, 6.45) is 3.20. The lowest BCUT2D eigenvalue weighted by Crippen LogP contribution is -2.51. The third-order valence-electron chi connectivity index (χ3n) is 6.65. The zero-order chi connectivity index (χ0) is 23.5. The molecule has 174 valence electrons. The minimum absolute atomic E-state index is 0.00645. The summed E-state index contributed by atoms with van der Waals surface area (Å²) in [4.78, 5) is 29.2. The molecule has 0 aliphatic carbocycles. The van der Waals surface area contributed by atoms with Gasteiger partial charge in [0.05, 0.1) is 17.2 Å². The van der Waals surface area contributed by atoms with Crippen LogP contribution in [0.25, 0.3) is 0 Å². The summed E-state index contributed by atoms with van der Waals surface area (Å²) in [5.41, 5.74) is 2.05. The summed E-state index contributed by atoms with van der Waals surface area (Å²) in [6, 6.07) is 17.7. The van der Waals surface area contributed by atoms with Gasteiger partial charge in [-0.25, -0.2) is 4.39 Å². The fourth-order valence-corrected chi connectivity index (χ4v) is 4.55. The molecule has 2 fully saturated rings. The van der Waals surface area contributed by atoms with E-state index in [9.17, 15) is 14.0 Å². The Hall–Kier alpha value is -3.65. The Morgan fingerprint density at radius 2 is 1.71 bits per heavy atom. The van der Waals surface area contributed by atoms with Gasteiger partial charge in [-0.2, -0.15) is 5.10 Å². The molecule has 2 aromatic carbocycles. The quantitative estimate of drug-likeness (QED) is 0.632. The van der Waals surface area contributed by atoms with Crippen molar-refractivity contribution in [2.75, 3.05) is 31.1 Å². The third kappa shape index (κ3) is 4.41. The van der Waals surface area contributed by atoms with E-state index in [1.165, 1.54) is 17.7 Å². The molecule has 8 heteroatoms. The van der Waals surface area contributed by atoms with E-state index in [2.05, 4.69) is 15.5 Å². The number of rotatable bonds is 5. The predicted molar refractivity (Wildman–Crippen MR) is 126 cm³/mol. The molecule has 1 N–H and O–H groups in total. The number of hydrogen-bond donors (Lipinski definition) is 1. The van der Waals surface area contributed by atoms with Gasteiger partial charge in [-0.15, -0.1) is 5.10 Å². The van der Waals surface area contributed by atoms with E-state index in [0.717, 1.165) is 18.5 Å². The average molecular weight is 460 g/mol. The number of carbonyl (C=O) groups excluding carboxylic acids is 2. The lowest BCUT2D eigenvalue weighted by Gasteiger charge is -2.33. The first-order valence-electron chi connectivity index (χ1n) is 11.6. The van der Waals surface area contributed by atoms with Crippen LogP contribution < -0.4 is 10.2 Å². The number of aromatic nitrogens is 2. The van der Waals surface area contributed by atoms with Crippen molar-refractivity contribution >= 4 is 23.3 Å². The number of halogens is 1. The lowest BCUT2D eigenvalue weighted by molar-refractivity contribution is -0.123. The molecule has 2 aliphatic heterocycles. The van der Waals surface area contributed by atoms with Gasteiger partial charge < -0.3 is 10.2 Å².